The number of hydrogen-bond donors (Lipinski definition) is 0. The first-order chi connectivity index (χ1) is 12.3. The van der Waals surface area contributed by atoms with Crippen LogP contribution in [-0.2, 0) is 13.1 Å². The van der Waals surface area contributed by atoms with Crippen LogP contribution in [0.2, 0.25) is 0 Å². The molecule has 0 saturated heterocycles. The van der Waals surface area contributed by atoms with Gasteiger partial charge in [0.25, 0.3) is 5.91 Å². The van der Waals surface area contributed by atoms with Gasteiger partial charge in [0.05, 0.1) is 12.8 Å². The van der Waals surface area contributed by atoms with Crippen LogP contribution in [0.4, 0.5) is 5.82 Å². The Morgan fingerprint density at radius 2 is 1.76 bits per heavy atom. The summed E-state index contributed by atoms with van der Waals surface area (Å²) < 4.78 is 7.50. The van der Waals surface area contributed by atoms with E-state index < -0.39 is 0 Å². The third-order valence-corrected chi connectivity index (χ3v) is 4.81. The Bertz CT molecular complexity index is 1090. The Kier molecular flexibility index (Phi) is 3.04. The van der Waals surface area contributed by atoms with Crippen LogP contribution in [0.25, 0.3) is 11.0 Å². The molecule has 2 aromatic carbocycles. The number of aromatic nitrogens is 1. The number of amides is 1. The molecule has 0 bridgehead atoms. The Hall–Kier alpha value is -3.27. The predicted octanol–water partition coefficient (Wildman–Crippen LogP) is 4.44. The summed E-state index contributed by atoms with van der Waals surface area (Å²) in [5.74, 6) is 0.924. The number of rotatable bonds is 1. The first-order valence-electron chi connectivity index (χ1n) is 8.31. The van der Waals surface area contributed by atoms with E-state index in [9.17, 15) is 4.79 Å². The largest absolute Gasteiger partial charge is 0.464 e. The number of fused-ring (bicyclic) bond motifs is 3. The van der Waals surface area contributed by atoms with Gasteiger partial charge in [-0.1, -0.05) is 24.3 Å². The fourth-order valence-electron chi connectivity index (χ4n) is 3.52. The zero-order valence-electron chi connectivity index (χ0n) is 13.6. The van der Waals surface area contributed by atoms with Gasteiger partial charge in [-0.05, 0) is 47.5 Å². The minimum absolute atomic E-state index is 0.000229. The van der Waals surface area contributed by atoms with Gasteiger partial charge in [0.2, 0.25) is 0 Å². The summed E-state index contributed by atoms with van der Waals surface area (Å²) >= 11 is 0. The molecule has 25 heavy (non-hydrogen) atoms. The van der Waals surface area contributed by atoms with Crippen molar-refractivity contribution in [1.82, 2.24) is 4.57 Å². The van der Waals surface area contributed by atoms with Gasteiger partial charge < -0.3 is 8.98 Å². The third-order valence-electron chi connectivity index (χ3n) is 4.81. The Balaban J connectivity index is 1.61. The van der Waals surface area contributed by atoms with E-state index >= 15 is 0 Å². The molecule has 0 unspecified atom stereocenters. The van der Waals surface area contributed by atoms with Crippen LogP contribution in [0.1, 0.15) is 21.5 Å². The molecule has 0 spiro atoms. The van der Waals surface area contributed by atoms with E-state index in [0.29, 0.717) is 12.1 Å². The molecule has 3 heterocycles. The number of nitrogens with zero attached hydrogens (tertiary/aromatic N) is 2. The summed E-state index contributed by atoms with van der Waals surface area (Å²) in [4.78, 5) is 15.1. The van der Waals surface area contributed by atoms with Crippen molar-refractivity contribution in [2.75, 3.05) is 4.90 Å². The Labute approximate surface area is 144 Å². The highest BCUT2D eigenvalue weighted by molar-refractivity contribution is 6.07. The molecule has 0 N–H and O–H groups in total. The summed E-state index contributed by atoms with van der Waals surface area (Å²) in [5, 5.41) is 0.941. The van der Waals surface area contributed by atoms with Crippen molar-refractivity contribution in [3.05, 3.63) is 89.8 Å². The normalized spacial score (nSPS) is 13.4. The molecule has 0 atom stereocenters. The lowest BCUT2D eigenvalue weighted by atomic mass is 10.1. The molecule has 0 radical (unpaired) electrons. The predicted molar refractivity (Wildman–Crippen MR) is 96.7 cm³/mol. The molecule has 4 heteroatoms. The van der Waals surface area contributed by atoms with E-state index in [1.54, 1.807) is 6.26 Å². The minimum Gasteiger partial charge on any atom is -0.464 e. The number of benzene rings is 2. The highest BCUT2D eigenvalue weighted by Gasteiger charge is 2.25. The van der Waals surface area contributed by atoms with E-state index in [4.69, 9.17) is 4.42 Å². The van der Waals surface area contributed by atoms with Gasteiger partial charge >= 0.3 is 0 Å². The molecule has 1 aliphatic rings. The molecule has 1 aliphatic heterocycles. The van der Waals surface area contributed by atoms with Crippen molar-refractivity contribution in [3.63, 3.8) is 0 Å². The van der Waals surface area contributed by atoms with Crippen LogP contribution >= 0.6 is 0 Å². The maximum absolute atomic E-state index is 13.3. The van der Waals surface area contributed by atoms with Gasteiger partial charge in [0.15, 0.2) is 0 Å². The number of carbonyl (C=O) groups is 1. The van der Waals surface area contributed by atoms with Gasteiger partial charge in [0.1, 0.15) is 11.4 Å². The molecule has 0 saturated carbocycles. The molecule has 2 aromatic heterocycles. The first-order valence-corrected chi connectivity index (χ1v) is 8.31. The summed E-state index contributed by atoms with van der Waals surface area (Å²) in [6, 6.07) is 19.8. The Morgan fingerprint density at radius 3 is 2.64 bits per heavy atom. The van der Waals surface area contributed by atoms with Crippen LogP contribution in [0, 0.1) is 0 Å². The zero-order chi connectivity index (χ0) is 16.8. The van der Waals surface area contributed by atoms with Crippen molar-refractivity contribution in [2.24, 2.45) is 0 Å². The van der Waals surface area contributed by atoms with Crippen molar-refractivity contribution in [3.8, 4) is 0 Å². The van der Waals surface area contributed by atoms with E-state index in [2.05, 4.69) is 16.7 Å². The standard InChI is InChI=1S/C21H16N2O2/c24-21(16-7-8-19-15(12-16)9-11-25-19)23-14-18-5-2-1-4-17(18)13-22-10-3-6-20(22)23/h1-12H,13-14H2. The van der Waals surface area contributed by atoms with E-state index in [1.807, 2.05) is 59.6 Å². The lowest BCUT2D eigenvalue weighted by molar-refractivity contribution is 0.0984. The molecular weight excluding hydrogens is 312 g/mol. The second-order valence-electron chi connectivity index (χ2n) is 6.33. The average molecular weight is 328 g/mol. The second-order valence-corrected chi connectivity index (χ2v) is 6.33. The monoisotopic (exact) mass is 328 g/mol. The zero-order valence-corrected chi connectivity index (χ0v) is 13.6. The summed E-state index contributed by atoms with van der Waals surface area (Å²) in [7, 11) is 0. The van der Waals surface area contributed by atoms with Crippen LogP contribution in [0.15, 0.2) is 77.5 Å². The highest BCUT2D eigenvalue weighted by Crippen LogP contribution is 2.28. The molecule has 4 aromatic rings. The quantitative estimate of drug-likeness (QED) is 0.518. The number of anilines is 1. The molecule has 0 fully saturated rings. The van der Waals surface area contributed by atoms with E-state index in [1.165, 1.54) is 11.1 Å². The minimum atomic E-state index is -0.000229. The summed E-state index contributed by atoms with van der Waals surface area (Å²) in [6.07, 6.45) is 3.67. The van der Waals surface area contributed by atoms with Crippen LogP contribution in [0.5, 0.6) is 0 Å². The molecule has 4 nitrogen and oxygen atoms in total. The second kappa shape index (κ2) is 5.38. The van der Waals surface area contributed by atoms with Crippen LogP contribution in [0.3, 0.4) is 0 Å². The molecule has 1 amide bonds. The molecular formula is C21H16N2O2. The lowest BCUT2D eigenvalue weighted by Gasteiger charge is -2.22. The van der Waals surface area contributed by atoms with E-state index in [0.717, 1.165) is 23.3 Å². The molecule has 5 rings (SSSR count). The third kappa shape index (κ3) is 2.26. The number of hydrogen-bond acceptors (Lipinski definition) is 2. The van der Waals surface area contributed by atoms with Gasteiger partial charge in [-0.2, -0.15) is 0 Å². The van der Waals surface area contributed by atoms with Gasteiger partial charge in [-0.15, -0.1) is 0 Å². The summed E-state index contributed by atoms with van der Waals surface area (Å²) in [5.41, 5.74) is 3.90. The highest BCUT2D eigenvalue weighted by atomic mass is 16.3. The van der Waals surface area contributed by atoms with Crippen molar-refractivity contribution >= 4 is 22.7 Å². The fourth-order valence-corrected chi connectivity index (χ4v) is 3.52. The van der Waals surface area contributed by atoms with E-state index in [-0.39, 0.29) is 5.91 Å². The van der Waals surface area contributed by atoms with Crippen LogP contribution in [-0.4, -0.2) is 10.5 Å². The topological polar surface area (TPSA) is 38.4 Å². The van der Waals surface area contributed by atoms with Gasteiger partial charge in [-0.3, -0.25) is 9.69 Å². The SMILES string of the molecule is O=C(c1ccc2occc2c1)N1Cc2ccccc2Cn2cccc21. The smallest absolute Gasteiger partial charge is 0.259 e. The van der Waals surface area contributed by atoms with Crippen molar-refractivity contribution < 1.29 is 9.21 Å². The van der Waals surface area contributed by atoms with Crippen LogP contribution < -0.4 is 4.90 Å². The Morgan fingerprint density at radius 1 is 0.920 bits per heavy atom. The molecule has 0 aliphatic carbocycles. The number of carbonyl (C=O) groups excluding carboxylic acids is 1. The van der Waals surface area contributed by atoms with Crippen molar-refractivity contribution in [2.45, 2.75) is 13.1 Å². The number of furan rings is 1. The molecule has 122 valence electrons. The van der Waals surface area contributed by atoms with Crippen molar-refractivity contribution in [1.29, 1.82) is 0 Å². The fraction of sp³-hybridized carbons (Fsp3) is 0.0952. The summed E-state index contributed by atoms with van der Waals surface area (Å²) in [6.45, 7) is 1.35. The van der Waals surface area contributed by atoms with Gasteiger partial charge in [0, 0.05) is 23.7 Å². The first kappa shape index (κ1) is 14.1. The van der Waals surface area contributed by atoms with Gasteiger partial charge in [-0.25, -0.2) is 0 Å². The average Bonchev–Trinajstić information content (AvgIpc) is 3.26. The lowest BCUT2D eigenvalue weighted by Crippen LogP contribution is -2.31. The maximum atomic E-state index is 13.3. The maximum Gasteiger partial charge on any atom is 0.259 e.